The van der Waals surface area contributed by atoms with E-state index >= 15 is 0 Å². The van der Waals surface area contributed by atoms with Crippen LogP contribution in [0.15, 0.2) is 48.5 Å². The zero-order valence-electron chi connectivity index (χ0n) is 12.7. The van der Waals surface area contributed by atoms with Crippen LogP contribution in [0.5, 0.6) is 11.5 Å². The molecule has 0 amide bonds. The van der Waals surface area contributed by atoms with E-state index < -0.39 is 18.1 Å². The van der Waals surface area contributed by atoms with Gasteiger partial charge in [0.15, 0.2) is 0 Å². The van der Waals surface area contributed by atoms with Crippen LogP contribution in [0.25, 0.3) is 0 Å². The zero-order chi connectivity index (χ0) is 17.0. The molecule has 2 N–H and O–H groups in total. The SMILES string of the molecule is COc1ccc([C@@H](O)C(F)(F)[C@H](O)c2ccc(OC)cc2)cc1. The van der Waals surface area contributed by atoms with Gasteiger partial charge >= 0.3 is 5.92 Å². The first-order valence-corrected chi connectivity index (χ1v) is 6.92. The molecule has 2 aromatic rings. The van der Waals surface area contributed by atoms with Crippen molar-refractivity contribution in [1.29, 1.82) is 0 Å². The molecule has 0 aliphatic heterocycles. The molecule has 2 atom stereocenters. The molecular weight excluding hydrogens is 306 g/mol. The zero-order valence-corrected chi connectivity index (χ0v) is 12.7. The maximum atomic E-state index is 14.4. The van der Waals surface area contributed by atoms with Crippen LogP contribution in [0.3, 0.4) is 0 Å². The lowest BCUT2D eigenvalue weighted by Gasteiger charge is -2.28. The first kappa shape index (κ1) is 17.2. The molecule has 0 heterocycles. The van der Waals surface area contributed by atoms with Crippen LogP contribution in [0.2, 0.25) is 0 Å². The van der Waals surface area contributed by atoms with Gasteiger partial charge in [0.25, 0.3) is 0 Å². The van der Waals surface area contributed by atoms with Gasteiger partial charge in [-0.1, -0.05) is 24.3 Å². The molecule has 0 aliphatic rings. The minimum Gasteiger partial charge on any atom is -0.497 e. The summed E-state index contributed by atoms with van der Waals surface area (Å²) in [7, 11) is 2.90. The molecular formula is C17H18F2O4. The standard InChI is InChI=1S/C17H18F2O4/c1-22-13-7-3-11(4-8-13)15(20)17(18,19)16(21)12-5-9-14(23-2)10-6-12/h3-10,15-16,20-21H,1-2H3/t15-,16-/m1/s1. The minimum atomic E-state index is -3.76. The van der Waals surface area contributed by atoms with Crippen LogP contribution in [-0.2, 0) is 0 Å². The molecule has 124 valence electrons. The molecule has 0 saturated carbocycles. The maximum Gasteiger partial charge on any atom is 0.306 e. The first-order valence-electron chi connectivity index (χ1n) is 6.92. The van der Waals surface area contributed by atoms with E-state index in [9.17, 15) is 19.0 Å². The number of methoxy groups -OCH3 is 2. The van der Waals surface area contributed by atoms with Crippen molar-refractivity contribution in [1.82, 2.24) is 0 Å². The summed E-state index contributed by atoms with van der Waals surface area (Å²) in [5.41, 5.74) is -0.0216. The molecule has 0 bridgehead atoms. The predicted molar refractivity (Wildman–Crippen MR) is 80.9 cm³/mol. The van der Waals surface area contributed by atoms with Gasteiger partial charge < -0.3 is 19.7 Å². The van der Waals surface area contributed by atoms with Gasteiger partial charge in [-0.05, 0) is 35.4 Å². The highest BCUT2D eigenvalue weighted by Crippen LogP contribution is 2.42. The Balaban J connectivity index is 2.23. The maximum absolute atomic E-state index is 14.4. The third-order valence-electron chi connectivity index (χ3n) is 3.59. The molecule has 0 radical (unpaired) electrons. The largest absolute Gasteiger partial charge is 0.497 e. The topological polar surface area (TPSA) is 58.9 Å². The fourth-order valence-corrected chi connectivity index (χ4v) is 2.17. The number of halogens is 2. The average Bonchev–Trinajstić information content (AvgIpc) is 2.60. The molecule has 0 spiro atoms. The fraction of sp³-hybridized carbons (Fsp3) is 0.294. The van der Waals surface area contributed by atoms with Crippen molar-refractivity contribution in [2.45, 2.75) is 18.1 Å². The Bertz CT molecular complexity index is 571. The number of alkyl halides is 2. The number of hydrogen-bond donors (Lipinski definition) is 2. The summed E-state index contributed by atoms with van der Waals surface area (Å²) in [6, 6.07) is 11.2. The summed E-state index contributed by atoms with van der Waals surface area (Å²) in [4.78, 5) is 0. The second kappa shape index (κ2) is 6.93. The van der Waals surface area contributed by atoms with Crippen molar-refractivity contribution in [2.24, 2.45) is 0 Å². The van der Waals surface area contributed by atoms with E-state index in [0.29, 0.717) is 11.5 Å². The summed E-state index contributed by atoms with van der Waals surface area (Å²) in [6.07, 6.45) is -4.30. The number of hydrogen-bond acceptors (Lipinski definition) is 4. The van der Waals surface area contributed by atoms with E-state index in [1.807, 2.05) is 0 Å². The third kappa shape index (κ3) is 3.60. The molecule has 0 fully saturated rings. The predicted octanol–water partition coefficient (Wildman–Crippen LogP) is 3.11. The number of benzene rings is 2. The van der Waals surface area contributed by atoms with Crippen LogP contribution in [-0.4, -0.2) is 30.4 Å². The Morgan fingerprint density at radius 1 is 0.739 bits per heavy atom. The van der Waals surface area contributed by atoms with Crippen molar-refractivity contribution >= 4 is 0 Å². The van der Waals surface area contributed by atoms with Gasteiger partial charge in [0.05, 0.1) is 14.2 Å². The van der Waals surface area contributed by atoms with Crippen LogP contribution >= 0.6 is 0 Å². The van der Waals surface area contributed by atoms with Crippen LogP contribution < -0.4 is 9.47 Å². The lowest BCUT2D eigenvalue weighted by molar-refractivity contribution is -0.181. The normalized spacial score (nSPS) is 14.2. The van der Waals surface area contributed by atoms with Gasteiger partial charge in [0, 0.05) is 0 Å². The number of aliphatic hydroxyl groups excluding tert-OH is 2. The summed E-state index contributed by atoms with van der Waals surface area (Å²) in [6.45, 7) is 0. The highest BCUT2D eigenvalue weighted by atomic mass is 19.3. The highest BCUT2D eigenvalue weighted by molar-refractivity contribution is 5.32. The smallest absolute Gasteiger partial charge is 0.306 e. The lowest BCUT2D eigenvalue weighted by Crippen LogP contribution is -2.33. The number of ether oxygens (including phenoxy) is 2. The Hall–Kier alpha value is -2.18. The van der Waals surface area contributed by atoms with Gasteiger partial charge in [-0.15, -0.1) is 0 Å². The van der Waals surface area contributed by atoms with Crippen LogP contribution in [0.1, 0.15) is 23.3 Å². The van der Waals surface area contributed by atoms with Gasteiger partial charge in [-0.25, -0.2) is 8.78 Å². The third-order valence-corrected chi connectivity index (χ3v) is 3.59. The summed E-state index contributed by atoms with van der Waals surface area (Å²) < 4.78 is 38.7. The lowest BCUT2D eigenvalue weighted by atomic mass is 9.95. The molecule has 0 aliphatic carbocycles. The summed E-state index contributed by atoms with van der Waals surface area (Å²) in [5, 5.41) is 19.9. The van der Waals surface area contributed by atoms with E-state index in [1.54, 1.807) is 0 Å². The average molecular weight is 324 g/mol. The van der Waals surface area contributed by atoms with Crippen molar-refractivity contribution in [2.75, 3.05) is 14.2 Å². The molecule has 0 aromatic heterocycles. The second-order valence-electron chi connectivity index (χ2n) is 5.03. The number of aliphatic hydroxyl groups is 2. The van der Waals surface area contributed by atoms with Gasteiger partial charge in [0.2, 0.25) is 0 Å². The van der Waals surface area contributed by atoms with E-state index in [-0.39, 0.29) is 11.1 Å². The van der Waals surface area contributed by atoms with Crippen molar-refractivity contribution < 1.29 is 28.5 Å². The summed E-state index contributed by atoms with van der Waals surface area (Å²) in [5.74, 6) is -2.79. The van der Waals surface area contributed by atoms with Crippen LogP contribution in [0.4, 0.5) is 8.78 Å². The van der Waals surface area contributed by atoms with Crippen molar-refractivity contribution in [3.63, 3.8) is 0 Å². The van der Waals surface area contributed by atoms with Gasteiger partial charge in [-0.3, -0.25) is 0 Å². The van der Waals surface area contributed by atoms with Crippen LogP contribution in [0, 0.1) is 0 Å². The van der Waals surface area contributed by atoms with E-state index in [0.717, 1.165) is 0 Å². The second-order valence-corrected chi connectivity index (χ2v) is 5.03. The van der Waals surface area contributed by atoms with E-state index in [2.05, 4.69) is 0 Å². The van der Waals surface area contributed by atoms with Crippen molar-refractivity contribution in [3.05, 3.63) is 59.7 Å². The Morgan fingerprint density at radius 2 is 1.04 bits per heavy atom. The molecule has 23 heavy (non-hydrogen) atoms. The minimum absolute atomic E-state index is 0.0108. The molecule has 2 aromatic carbocycles. The first-order chi connectivity index (χ1) is 10.9. The fourth-order valence-electron chi connectivity index (χ4n) is 2.17. The highest BCUT2D eigenvalue weighted by Gasteiger charge is 2.47. The van der Waals surface area contributed by atoms with Gasteiger partial charge in [-0.2, -0.15) is 0 Å². The Labute approximate surface area is 132 Å². The quantitative estimate of drug-likeness (QED) is 0.857. The number of rotatable bonds is 6. The molecule has 0 unspecified atom stereocenters. The molecule has 2 rings (SSSR count). The molecule has 4 nitrogen and oxygen atoms in total. The molecule has 6 heteroatoms. The Morgan fingerprint density at radius 3 is 1.30 bits per heavy atom. The Kier molecular flexibility index (Phi) is 5.18. The monoisotopic (exact) mass is 324 g/mol. The van der Waals surface area contributed by atoms with E-state index in [1.165, 1.54) is 62.8 Å². The van der Waals surface area contributed by atoms with Crippen molar-refractivity contribution in [3.8, 4) is 11.5 Å². The van der Waals surface area contributed by atoms with E-state index in [4.69, 9.17) is 9.47 Å². The van der Waals surface area contributed by atoms with Gasteiger partial charge in [0.1, 0.15) is 23.7 Å². The summed E-state index contributed by atoms with van der Waals surface area (Å²) >= 11 is 0. The molecule has 0 saturated heterocycles.